The molecular weight excluding hydrogens is 257 g/mol. The molecule has 0 aliphatic heterocycles. The standard InChI is InChI=1S/C8H3BrFNO3/c9-6-3-5(1-2-7(6)10)14-8(13)11-4-12/h1-3H. The van der Waals surface area contributed by atoms with Crippen molar-refractivity contribution in [2.75, 3.05) is 0 Å². The summed E-state index contributed by atoms with van der Waals surface area (Å²) in [5.74, 6) is -0.397. The number of hydrogen-bond donors (Lipinski definition) is 0. The summed E-state index contributed by atoms with van der Waals surface area (Å²) < 4.78 is 17.4. The molecular formula is C8H3BrFNO3. The van der Waals surface area contributed by atoms with Gasteiger partial charge in [0.25, 0.3) is 0 Å². The first kappa shape index (κ1) is 10.6. The minimum Gasteiger partial charge on any atom is -0.408 e. The highest BCUT2D eigenvalue weighted by Gasteiger charge is 2.05. The Hall–Kier alpha value is -1.52. The topological polar surface area (TPSA) is 55.7 Å². The largest absolute Gasteiger partial charge is 0.450 e. The lowest BCUT2D eigenvalue weighted by molar-refractivity contribution is 0.211. The summed E-state index contributed by atoms with van der Waals surface area (Å²) in [7, 11) is 0. The number of nitrogens with zero attached hydrogens (tertiary/aromatic N) is 1. The molecule has 0 bridgehead atoms. The van der Waals surface area contributed by atoms with Gasteiger partial charge in [-0.3, -0.25) is 0 Å². The summed E-state index contributed by atoms with van der Waals surface area (Å²) >= 11 is 2.90. The van der Waals surface area contributed by atoms with Crippen molar-refractivity contribution in [2.24, 2.45) is 4.99 Å². The molecule has 1 amide bonds. The molecule has 72 valence electrons. The van der Waals surface area contributed by atoms with E-state index in [4.69, 9.17) is 0 Å². The van der Waals surface area contributed by atoms with Gasteiger partial charge in [0.05, 0.1) is 4.47 Å². The van der Waals surface area contributed by atoms with E-state index in [-0.39, 0.29) is 10.2 Å². The zero-order valence-electron chi connectivity index (χ0n) is 6.66. The van der Waals surface area contributed by atoms with Crippen LogP contribution in [0.5, 0.6) is 5.75 Å². The molecule has 14 heavy (non-hydrogen) atoms. The lowest BCUT2D eigenvalue weighted by Crippen LogP contribution is -2.01. The maximum atomic E-state index is 12.7. The molecule has 6 heteroatoms. The summed E-state index contributed by atoms with van der Waals surface area (Å²) in [6.45, 7) is 0. The quantitative estimate of drug-likeness (QED) is 0.575. The van der Waals surface area contributed by atoms with Crippen LogP contribution in [-0.2, 0) is 4.79 Å². The molecule has 0 N–H and O–H groups in total. The lowest BCUT2D eigenvalue weighted by Gasteiger charge is -2.00. The molecule has 0 spiro atoms. The molecule has 0 radical (unpaired) electrons. The average molecular weight is 260 g/mol. The molecule has 1 rings (SSSR count). The van der Waals surface area contributed by atoms with Gasteiger partial charge in [-0.2, -0.15) is 0 Å². The van der Waals surface area contributed by atoms with Crippen LogP contribution in [0.4, 0.5) is 9.18 Å². The van der Waals surface area contributed by atoms with Gasteiger partial charge in [0, 0.05) is 0 Å². The third-order valence-corrected chi connectivity index (χ3v) is 1.84. The number of aliphatic imine (C=N–C) groups is 1. The third kappa shape index (κ3) is 2.76. The number of isocyanates is 1. The van der Waals surface area contributed by atoms with Crippen LogP contribution in [0.25, 0.3) is 0 Å². The Morgan fingerprint density at radius 3 is 2.86 bits per heavy atom. The first-order valence-electron chi connectivity index (χ1n) is 3.38. The van der Waals surface area contributed by atoms with Crippen molar-refractivity contribution in [2.45, 2.75) is 0 Å². The van der Waals surface area contributed by atoms with Crippen molar-refractivity contribution in [3.05, 3.63) is 28.5 Å². The molecule has 0 atom stereocenters. The molecule has 0 saturated carbocycles. The van der Waals surface area contributed by atoms with Crippen molar-refractivity contribution in [3.63, 3.8) is 0 Å². The number of ether oxygens (including phenoxy) is 1. The Morgan fingerprint density at radius 2 is 2.29 bits per heavy atom. The van der Waals surface area contributed by atoms with E-state index in [1.165, 1.54) is 12.1 Å². The summed E-state index contributed by atoms with van der Waals surface area (Å²) in [4.78, 5) is 23.0. The highest BCUT2D eigenvalue weighted by molar-refractivity contribution is 9.10. The number of carbonyl (C=O) groups is 1. The predicted octanol–water partition coefficient (Wildman–Crippen LogP) is 2.42. The first-order valence-corrected chi connectivity index (χ1v) is 4.17. The predicted molar refractivity (Wildman–Crippen MR) is 48.2 cm³/mol. The Labute approximate surface area is 86.5 Å². The molecule has 0 fully saturated rings. The molecule has 0 saturated heterocycles. The molecule has 0 unspecified atom stereocenters. The van der Waals surface area contributed by atoms with Gasteiger partial charge in [-0.25, -0.2) is 14.0 Å². The number of benzene rings is 1. The Morgan fingerprint density at radius 1 is 1.57 bits per heavy atom. The van der Waals surface area contributed by atoms with Crippen LogP contribution < -0.4 is 4.74 Å². The molecule has 0 aliphatic rings. The second kappa shape index (κ2) is 4.64. The minimum absolute atomic E-state index is 0.0854. The Kier molecular flexibility index (Phi) is 3.50. The fraction of sp³-hybridized carbons (Fsp3) is 0. The number of halogens is 2. The third-order valence-electron chi connectivity index (χ3n) is 1.23. The van der Waals surface area contributed by atoms with Crippen molar-refractivity contribution < 1.29 is 18.7 Å². The molecule has 1 aromatic carbocycles. The second-order valence-electron chi connectivity index (χ2n) is 2.15. The van der Waals surface area contributed by atoms with E-state index in [1.54, 1.807) is 0 Å². The molecule has 0 heterocycles. The van der Waals surface area contributed by atoms with Crippen molar-refractivity contribution in [1.29, 1.82) is 0 Å². The summed E-state index contributed by atoms with van der Waals surface area (Å²) in [6, 6.07) is 3.59. The van der Waals surface area contributed by atoms with Crippen LogP contribution in [0, 0.1) is 5.82 Å². The van der Waals surface area contributed by atoms with E-state index in [1.807, 2.05) is 0 Å². The van der Waals surface area contributed by atoms with Gasteiger partial charge < -0.3 is 4.74 Å². The van der Waals surface area contributed by atoms with Crippen LogP contribution in [0.1, 0.15) is 0 Å². The molecule has 1 aromatic rings. The van der Waals surface area contributed by atoms with Crippen molar-refractivity contribution in [1.82, 2.24) is 0 Å². The highest BCUT2D eigenvalue weighted by Crippen LogP contribution is 2.21. The van der Waals surface area contributed by atoms with Gasteiger partial charge in [-0.15, -0.1) is 0 Å². The second-order valence-corrected chi connectivity index (χ2v) is 3.00. The maximum absolute atomic E-state index is 12.7. The molecule has 4 nitrogen and oxygen atoms in total. The van der Waals surface area contributed by atoms with Crippen LogP contribution in [0.3, 0.4) is 0 Å². The van der Waals surface area contributed by atoms with Gasteiger partial charge in [-0.05, 0) is 34.1 Å². The number of rotatable bonds is 1. The Balaban J connectivity index is 2.83. The number of amides is 1. The Bertz CT molecular complexity index is 415. The SMILES string of the molecule is O=C=NC(=O)Oc1ccc(F)c(Br)c1. The first-order chi connectivity index (χ1) is 6.63. The van der Waals surface area contributed by atoms with Crippen LogP contribution in [0.2, 0.25) is 0 Å². The molecule has 0 aliphatic carbocycles. The van der Waals surface area contributed by atoms with Gasteiger partial charge in [0.1, 0.15) is 11.6 Å². The van der Waals surface area contributed by atoms with Crippen molar-refractivity contribution >= 4 is 28.1 Å². The summed E-state index contributed by atoms with van der Waals surface area (Å²) in [6.07, 6.45) is -0.0702. The van der Waals surface area contributed by atoms with Crippen LogP contribution >= 0.6 is 15.9 Å². The maximum Gasteiger partial charge on any atom is 0.450 e. The van der Waals surface area contributed by atoms with E-state index in [9.17, 15) is 14.0 Å². The number of hydrogen-bond acceptors (Lipinski definition) is 3. The van der Waals surface area contributed by atoms with Crippen LogP contribution in [-0.4, -0.2) is 12.2 Å². The fourth-order valence-electron chi connectivity index (χ4n) is 0.701. The molecule has 0 aromatic heterocycles. The van der Waals surface area contributed by atoms with E-state index in [0.29, 0.717) is 0 Å². The van der Waals surface area contributed by atoms with Gasteiger partial charge >= 0.3 is 6.09 Å². The minimum atomic E-state index is -1.10. The smallest absolute Gasteiger partial charge is 0.408 e. The van der Waals surface area contributed by atoms with E-state index in [2.05, 4.69) is 25.7 Å². The van der Waals surface area contributed by atoms with Crippen molar-refractivity contribution in [3.8, 4) is 5.75 Å². The fourth-order valence-corrected chi connectivity index (χ4v) is 1.06. The van der Waals surface area contributed by atoms with E-state index < -0.39 is 11.9 Å². The zero-order chi connectivity index (χ0) is 10.6. The highest BCUT2D eigenvalue weighted by atomic mass is 79.9. The lowest BCUT2D eigenvalue weighted by atomic mass is 10.3. The van der Waals surface area contributed by atoms with E-state index >= 15 is 0 Å². The zero-order valence-corrected chi connectivity index (χ0v) is 8.25. The summed E-state index contributed by atoms with van der Waals surface area (Å²) in [5, 5.41) is 0. The normalized spacial score (nSPS) is 9.00. The van der Waals surface area contributed by atoms with Gasteiger partial charge in [0.15, 0.2) is 0 Å². The monoisotopic (exact) mass is 259 g/mol. The van der Waals surface area contributed by atoms with Gasteiger partial charge in [0.2, 0.25) is 6.08 Å². The number of carbonyl (C=O) groups excluding carboxylic acids is 2. The van der Waals surface area contributed by atoms with E-state index in [0.717, 1.165) is 12.1 Å². The van der Waals surface area contributed by atoms with Crippen LogP contribution in [0.15, 0.2) is 27.7 Å². The average Bonchev–Trinajstić information content (AvgIpc) is 2.12. The van der Waals surface area contributed by atoms with Gasteiger partial charge in [-0.1, -0.05) is 4.99 Å². The summed E-state index contributed by atoms with van der Waals surface area (Å²) in [5.41, 5.74) is 0.